The molecule has 0 aliphatic carbocycles. The first-order valence-corrected chi connectivity index (χ1v) is 6.70. The van der Waals surface area contributed by atoms with Gasteiger partial charge in [-0.25, -0.2) is 0 Å². The molecule has 0 aliphatic rings. The molecular formula is C15H23NO3. The number of hydrogen-bond acceptors (Lipinski definition) is 4. The van der Waals surface area contributed by atoms with E-state index in [2.05, 4.69) is 0 Å². The summed E-state index contributed by atoms with van der Waals surface area (Å²) in [7, 11) is 0. The molecule has 0 spiro atoms. The molecule has 0 bridgehead atoms. The highest BCUT2D eigenvalue weighted by molar-refractivity contribution is 6.00. The Hall–Kier alpha value is -1.39. The number of carbonyl (C=O) groups excluding carboxylic acids is 1. The van der Waals surface area contributed by atoms with Gasteiger partial charge in [0, 0.05) is 12.6 Å². The van der Waals surface area contributed by atoms with Crippen molar-refractivity contribution in [3.8, 4) is 5.75 Å². The van der Waals surface area contributed by atoms with Crippen molar-refractivity contribution in [3.63, 3.8) is 0 Å². The van der Waals surface area contributed by atoms with Crippen molar-refractivity contribution in [1.29, 1.82) is 0 Å². The van der Waals surface area contributed by atoms with E-state index in [0.29, 0.717) is 31.0 Å². The molecule has 1 N–H and O–H groups in total. The third-order valence-electron chi connectivity index (χ3n) is 2.95. The molecule has 0 aliphatic heterocycles. The standard InChI is InChI=1S/C15H23NO3/c1-4-19-15-8-6-5-7-13(15)14(18)11-16(9-10-17)12(2)3/h5-8,12,17H,4,9-11H2,1-3H3. The van der Waals surface area contributed by atoms with Crippen molar-refractivity contribution in [3.05, 3.63) is 29.8 Å². The predicted molar refractivity (Wildman–Crippen MR) is 75.7 cm³/mol. The molecule has 0 heterocycles. The molecule has 0 radical (unpaired) electrons. The topological polar surface area (TPSA) is 49.8 Å². The van der Waals surface area contributed by atoms with Crippen molar-refractivity contribution in [2.24, 2.45) is 0 Å². The summed E-state index contributed by atoms with van der Waals surface area (Å²) in [5, 5.41) is 9.03. The number of carbonyl (C=O) groups is 1. The number of benzene rings is 1. The molecule has 1 rings (SSSR count). The van der Waals surface area contributed by atoms with Gasteiger partial charge in [0.15, 0.2) is 5.78 Å². The molecule has 0 unspecified atom stereocenters. The van der Waals surface area contributed by atoms with Crippen LogP contribution in [0.2, 0.25) is 0 Å². The van der Waals surface area contributed by atoms with Gasteiger partial charge in [0.25, 0.3) is 0 Å². The van der Waals surface area contributed by atoms with Crippen molar-refractivity contribution < 1.29 is 14.6 Å². The van der Waals surface area contributed by atoms with Gasteiger partial charge in [-0.05, 0) is 32.9 Å². The minimum atomic E-state index is 0.0196. The highest BCUT2D eigenvalue weighted by atomic mass is 16.5. The van der Waals surface area contributed by atoms with Crippen LogP contribution in [0.25, 0.3) is 0 Å². The van der Waals surface area contributed by atoms with Crippen LogP contribution in [0, 0.1) is 0 Å². The number of para-hydroxylation sites is 1. The Kier molecular flexibility index (Phi) is 6.53. The van der Waals surface area contributed by atoms with E-state index in [9.17, 15) is 4.79 Å². The lowest BCUT2D eigenvalue weighted by molar-refractivity contribution is 0.0877. The maximum atomic E-state index is 12.3. The Labute approximate surface area is 115 Å². The summed E-state index contributed by atoms with van der Waals surface area (Å²) in [6.45, 7) is 7.30. The largest absolute Gasteiger partial charge is 0.493 e. The molecule has 1 aromatic carbocycles. The normalized spacial score (nSPS) is 11.1. The van der Waals surface area contributed by atoms with Crippen LogP contribution in [0.4, 0.5) is 0 Å². The quantitative estimate of drug-likeness (QED) is 0.730. The smallest absolute Gasteiger partial charge is 0.180 e. The van der Waals surface area contributed by atoms with Crippen LogP contribution in [-0.2, 0) is 0 Å². The Balaban J connectivity index is 2.81. The fourth-order valence-electron chi connectivity index (χ4n) is 1.90. The minimum Gasteiger partial charge on any atom is -0.493 e. The molecule has 0 saturated carbocycles. The zero-order valence-electron chi connectivity index (χ0n) is 11.9. The van der Waals surface area contributed by atoms with Crippen molar-refractivity contribution >= 4 is 5.78 Å². The van der Waals surface area contributed by atoms with Crippen LogP contribution < -0.4 is 4.74 Å². The van der Waals surface area contributed by atoms with Crippen LogP contribution in [0.5, 0.6) is 5.75 Å². The Bertz CT molecular complexity index is 404. The molecule has 0 aromatic heterocycles. The van der Waals surface area contributed by atoms with E-state index in [1.54, 1.807) is 6.07 Å². The summed E-state index contributed by atoms with van der Waals surface area (Å²) in [6, 6.07) is 7.50. The van der Waals surface area contributed by atoms with Gasteiger partial charge in [0.2, 0.25) is 0 Å². The van der Waals surface area contributed by atoms with E-state index in [4.69, 9.17) is 9.84 Å². The highest BCUT2D eigenvalue weighted by Crippen LogP contribution is 2.19. The predicted octanol–water partition coefficient (Wildman–Crippen LogP) is 1.97. The number of aliphatic hydroxyl groups is 1. The van der Waals surface area contributed by atoms with E-state index in [1.165, 1.54) is 0 Å². The fraction of sp³-hybridized carbons (Fsp3) is 0.533. The first-order chi connectivity index (χ1) is 9.10. The van der Waals surface area contributed by atoms with Crippen molar-refractivity contribution in [1.82, 2.24) is 4.90 Å². The Morgan fingerprint density at radius 1 is 1.37 bits per heavy atom. The Morgan fingerprint density at radius 3 is 2.63 bits per heavy atom. The molecule has 0 saturated heterocycles. The highest BCUT2D eigenvalue weighted by Gasteiger charge is 2.17. The third kappa shape index (κ3) is 4.65. The average Bonchev–Trinajstić information content (AvgIpc) is 2.39. The first kappa shape index (κ1) is 15.7. The number of aliphatic hydroxyl groups excluding tert-OH is 1. The van der Waals surface area contributed by atoms with E-state index in [-0.39, 0.29) is 18.4 Å². The molecule has 106 valence electrons. The van der Waals surface area contributed by atoms with Gasteiger partial charge in [-0.15, -0.1) is 0 Å². The van der Waals surface area contributed by atoms with E-state index < -0.39 is 0 Å². The summed E-state index contributed by atoms with van der Waals surface area (Å²) >= 11 is 0. The lowest BCUT2D eigenvalue weighted by atomic mass is 10.1. The number of hydrogen-bond donors (Lipinski definition) is 1. The van der Waals surface area contributed by atoms with Crippen molar-refractivity contribution in [2.45, 2.75) is 26.8 Å². The van der Waals surface area contributed by atoms with E-state index in [0.717, 1.165) is 0 Å². The van der Waals surface area contributed by atoms with Crippen LogP contribution in [0.1, 0.15) is 31.1 Å². The van der Waals surface area contributed by atoms with Crippen LogP contribution in [0.15, 0.2) is 24.3 Å². The zero-order chi connectivity index (χ0) is 14.3. The van der Waals surface area contributed by atoms with Gasteiger partial charge < -0.3 is 9.84 Å². The molecule has 19 heavy (non-hydrogen) atoms. The Morgan fingerprint density at radius 2 is 2.05 bits per heavy atom. The number of ether oxygens (including phenoxy) is 1. The van der Waals surface area contributed by atoms with Gasteiger partial charge in [-0.3, -0.25) is 9.69 Å². The van der Waals surface area contributed by atoms with Gasteiger partial charge in [0.05, 0.1) is 25.3 Å². The SMILES string of the molecule is CCOc1ccccc1C(=O)CN(CCO)C(C)C. The van der Waals surface area contributed by atoms with Gasteiger partial charge in [0.1, 0.15) is 5.75 Å². The maximum absolute atomic E-state index is 12.3. The fourth-order valence-corrected chi connectivity index (χ4v) is 1.90. The summed E-state index contributed by atoms with van der Waals surface area (Å²) in [6.07, 6.45) is 0. The molecule has 1 aromatic rings. The minimum absolute atomic E-state index is 0.0196. The second-order valence-electron chi connectivity index (χ2n) is 4.64. The average molecular weight is 265 g/mol. The third-order valence-corrected chi connectivity index (χ3v) is 2.95. The molecule has 0 atom stereocenters. The molecule has 4 nitrogen and oxygen atoms in total. The molecule has 0 fully saturated rings. The second-order valence-corrected chi connectivity index (χ2v) is 4.64. The van der Waals surface area contributed by atoms with Crippen LogP contribution in [-0.4, -0.2) is 48.1 Å². The molecule has 4 heteroatoms. The summed E-state index contributed by atoms with van der Waals surface area (Å²) < 4.78 is 5.47. The van der Waals surface area contributed by atoms with Crippen LogP contribution >= 0.6 is 0 Å². The molecular weight excluding hydrogens is 242 g/mol. The molecule has 0 amide bonds. The van der Waals surface area contributed by atoms with Gasteiger partial charge in [-0.2, -0.15) is 0 Å². The van der Waals surface area contributed by atoms with Crippen LogP contribution in [0.3, 0.4) is 0 Å². The number of ketones is 1. The second kappa shape index (κ2) is 7.92. The van der Waals surface area contributed by atoms with E-state index >= 15 is 0 Å². The summed E-state index contributed by atoms with van der Waals surface area (Å²) in [5.74, 6) is 0.647. The lowest BCUT2D eigenvalue weighted by Crippen LogP contribution is -2.37. The number of Topliss-reactive ketones (excluding diaryl/α,β-unsaturated/α-hetero) is 1. The lowest BCUT2D eigenvalue weighted by Gasteiger charge is -2.25. The summed E-state index contributed by atoms with van der Waals surface area (Å²) in [4.78, 5) is 14.3. The van der Waals surface area contributed by atoms with E-state index in [1.807, 2.05) is 43.9 Å². The monoisotopic (exact) mass is 265 g/mol. The van der Waals surface area contributed by atoms with Crippen molar-refractivity contribution in [2.75, 3.05) is 26.3 Å². The maximum Gasteiger partial charge on any atom is 0.180 e. The van der Waals surface area contributed by atoms with Gasteiger partial charge >= 0.3 is 0 Å². The number of nitrogens with zero attached hydrogens (tertiary/aromatic N) is 1. The summed E-state index contributed by atoms with van der Waals surface area (Å²) in [5.41, 5.74) is 0.605. The van der Waals surface area contributed by atoms with Gasteiger partial charge in [-0.1, -0.05) is 12.1 Å². The number of rotatable bonds is 8. The first-order valence-electron chi connectivity index (χ1n) is 6.70. The zero-order valence-corrected chi connectivity index (χ0v) is 11.9.